The molecule has 1 N–H and O–H groups in total. The van der Waals surface area contributed by atoms with Crippen LogP contribution in [0.4, 0.5) is 0 Å². The highest BCUT2D eigenvalue weighted by Gasteiger charge is 2.12. The summed E-state index contributed by atoms with van der Waals surface area (Å²) in [6, 6.07) is 13.0. The predicted octanol–water partition coefficient (Wildman–Crippen LogP) is 4.17. The molecule has 1 atom stereocenters. The molecular weight excluding hydrogens is 254 g/mol. The van der Waals surface area contributed by atoms with Crippen LogP contribution in [0.2, 0.25) is 0 Å². The van der Waals surface area contributed by atoms with Crippen molar-refractivity contribution < 1.29 is 4.42 Å². The molecular formula is C16H21NOS. The summed E-state index contributed by atoms with van der Waals surface area (Å²) < 4.78 is 5.36. The number of thioether (sulfide) groups is 1. The lowest BCUT2D eigenvalue weighted by atomic mass is 10.0. The number of nitrogens with one attached hydrogen (secondary N) is 1. The van der Waals surface area contributed by atoms with E-state index in [0.29, 0.717) is 6.04 Å². The summed E-state index contributed by atoms with van der Waals surface area (Å²) in [4.78, 5) is 0. The Morgan fingerprint density at radius 1 is 1.21 bits per heavy atom. The molecule has 0 aliphatic heterocycles. The molecule has 2 nitrogen and oxygen atoms in total. The smallest absolute Gasteiger partial charge is 0.113 e. The first-order valence-electron chi connectivity index (χ1n) is 6.70. The quantitative estimate of drug-likeness (QED) is 0.821. The van der Waals surface area contributed by atoms with Gasteiger partial charge in [0.25, 0.3) is 0 Å². The van der Waals surface area contributed by atoms with E-state index >= 15 is 0 Å². The largest absolute Gasteiger partial charge is 0.468 e. The Morgan fingerprint density at radius 3 is 2.74 bits per heavy atom. The second kappa shape index (κ2) is 7.41. The minimum atomic E-state index is 0.408. The summed E-state index contributed by atoms with van der Waals surface area (Å²) >= 11 is 1.91. The van der Waals surface area contributed by atoms with Gasteiger partial charge in [-0.1, -0.05) is 31.2 Å². The second-order valence-electron chi connectivity index (χ2n) is 4.56. The molecule has 19 heavy (non-hydrogen) atoms. The third-order valence-electron chi connectivity index (χ3n) is 3.12. The number of benzene rings is 1. The minimum Gasteiger partial charge on any atom is -0.468 e. The highest BCUT2D eigenvalue weighted by atomic mass is 32.2. The van der Waals surface area contributed by atoms with E-state index in [2.05, 4.69) is 43.4 Å². The van der Waals surface area contributed by atoms with Gasteiger partial charge >= 0.3 is 0 Å². The van der Waals surface area contributed by atoms with Crippen LogP contribution in [0.15, 0.2) is 47.1 Å². The maximum absolute atomic E-state index is 5.36. The van der Waals surface area contributed by atoms with Crippen molar-refractivity contribution in [1.29, 1.82) is 0 Å². The van der Waals surface area contributed by atoms with Crippen LogP contribution in [0, 0.1) is 6.92 Å². The first-order chi connectivity index (χ1) is 9.31. The number of hydrogen-bond donors (Lipinski definition) is 1. The molecule has 2 rings (SSSR count). The van der Waals surface area contributed by atoms with Crippen LogP contribution in [-0.2, 0) is 5.75 Å². The Hall–Kier alpha value is -1.19. The zero-order valence-electron chi connectivity index (χ0n) is 11.6. The van der Waals surface area contributed by atoms with Gasteiger partial charge in [-0.05, 0) is 36.7 Å². The van der Waals surface area contributed by atoms with Crippen LogP contribution in [0.5, 0.6) is 0 Å². The summed E-state index contributed by atoms with van der Waals surface area (Å²) in [5, 5.41) is 3.57. The number of furan rings is 1. The fraction of sp³-hybridized carbons (Fsp3) is 0.375. The maximum Gasteiger partial charge on any atom is 0.113 e. The van der Waals surface area contributed by atoms with E-state index in [1.807, 2.05) is 23.9 Å². The maximum atomic E-state index is 5.36. The van der Waals surface area contributed by atoms with Crippen LogP contribution in [-0.4, -0.2) is 12.3 Å². The van der Waals surface area contributed by atoms with Crippen LogP contribution in [0.1, 0.15) is 29.9 Å². The molecule has 0 amide bonds. The van der Waals surface area contributed by atoms with E-state index in [0.717, 1.165) is 23.8 Å². The van der Waals surface area contributed by atoms with Gasteiger partial charge in [0.05, 0.1) is 12.0 Å². The van der Waals surface area contributed by atoms with Crippen molar-refractivity contribution in [2.24, 2.45) is 0 Å². The van der Waals surface area contributed by atoms with Gasteiger partial charge in [-0.15, -0.1) is 0 Å². The average molecular weight is 275 g/mol. The summed E-state index contributed by atoms with van der Waals surface area (Å²) in [5.41, 5.74) is 2.75. The second-order valence-corrected chi connectivity index (χ2v) is 5.59. The van der Waals surface area contributed by atoms with Crippen molar-refractivity contribution in [1.82, 2.24) is 5.32 Å². The van der Waals surface area contributed by atoms with Crippen molar-refractivity contribution >= 4 is 11.8 Å². The highest BCUT2D eigenvalue weighted by molar-refractivity contribution is 7.98. The predicted molar refractivity (Wildman–Crippen MR) is 82.5 cm³/mol. The fourth-order valence-corrected chi connectivity index (χ4v) is 3.17. The van der Waals surface area contributed by atoms with Gasteiger partial charge in [0.1, 0.15) is 5.76 Å². The van der Waals surface area contributed by atoms with Gasteiger partial charge in [-0.3, -0.25) is 0 Å². The Kier molecular flexibility index (Phi) is 5.55. The van der Waals surface area contributed by atoms with E-state index in [1.54, 1.807) is 6.26 Å². The molecule has 0 aliphatic carbocycles. The summed E-state index contributed by atoms with van der Waals surface area (Å²) in [6.07, 6.45) is 1.74. The van der Waals surface area contributed by atoms with E-state index in [4.69, 9.17) is 4.42 Å². The van der Waals surface area contributed by atoms with Crippen molar-refractivity contribution in [2.75, 3.05) is 12.3 Å². The first kappa shape index (κ1) is 14.2. The summed E-state index contributed by atoms with van der Waals surface area (Å²) in [5.74, 6) is 3.03. The lowest BCUT2D eigenvalue weighted by Crippen LogP contribution is -2.23. The van der Waals surface area contributed by atoms with Crippen LogP contribution in [0.25, 0.3) is 0 Å². The zero-order valence-corrected chi connectivity index (χ0v) is 12.4. The van der Waals surface area contributed by atoms with Crippen LogP contribution in [0.3, 0.4) is 0 Å². The van der Waals surface area contributed by atoms with Crippen molar-refractivity contribution in [3.63, 3.8) is 0 Å². The normalized spacial score (nSPS) is 12.5. The molecule has 0 fully saturated rings. The molecule has 1 aromatic carbocycles. The van der Waals surface area contributed by atoms with Gasteiger partial charge in [0.2, 0.25) is 0 Å². The van der Waals surface area contributed by atoms with Gasteiger partial charge in [-0.2, -0.15) is 11.8 Å². The lowest BCUT2D eigenvalue weighted by Gasteiger charge is -2.19. The number of aryl methyl sites for hydroxylation is 1. The molecule has 1 aromatic heterocycles. The molecule has 0 aliphatic rings. The molecule has 0 radical (unpaired) electrons. The Balaban J connectivity index is 1.94. The number of rotatable bonds is 7. The molecule has 0 bridgehead atoms. The van der Waals surface area contributed by atoms with E-state index in [1.165, 1.54) is 11.1 Å². The molecule has 2 aromatic rings. The van der Waals surface area contributed by atoms with Gasteiger partial charge in [0, 0.05) is 11.8 Å². The Bertz CT molecular complexity index is 481. The molecule has 1 unspecified atom stereocenters. The molecule has 1 heterocycles. The van der Waals surface area contributed by atoms with Crippen molar-refractivity contribution in [3.8, 4) is 0 Å². The minimum absolute atomic E-state index is 0.408. The van der Waals surface area contributed by atoms with Gasteiger partial charge in [-0.25, -0.2) is 0 Å². The topological polar surface area (TPSA) is 25.2 Å². The summed E-state index contributed by atoms with van der Waals surface area (Å²) in [7, 11) is 0. The monoisotopic (exact) mass is 275 g/mol. The molecule has 0 saturated heterocycles. The average Bonchev–Trinajstić information content (AvgIpc) is 2.92. The van der Waals surface area contributed by atoms with E-state index in [-0.39, 0.29) is 0 Å². The molecule has 102 valence electrons. The Morgan fingerprint density at radius 2 is 2.05 bits per heavy atom. The molecule has 0 saturated carbocycles. The molecule has 0 spiro atoms. The summed E-state index contributed by atoms with van der Waals surface area (Å²) in [6.45, 7) is 5.32. The van der Waals surface area contributed by atoms with Crippen LogP contribution >= 0.6 is 11.8 Å². The Labute approximate surface area is 119 Å². The fourth-order valence-electron chi connectivity index (χ4n) is 2.15. The zero-order chi connectivity index (χ0) is 13.5. The van der Waals surface area contributed by atoms with Gasteiger partial charge in [0.15, 0.2) is 0 Å². The van der Waals surface area contributed by atoms with Crippen LogP contribution < -0.4 is 5.32 Å². The van der Waals surface area contributed by atoms with E-state index in [9.17, 15) is 0 Å². The molecule has 3 heteroatoms. The van der Waals surface area contributed by atoms with Crippen molar-refractivity contribution in [2.45, 2.75) is 25.6 Å². The third kappa shape index (κ3) is 4.15. The highest BCUT2D eigenvalue weighted by Crippen LogP contribution is 2.23. The number of hydrogen-bond acceptors (Lipinski definition) is 3. The third-order valence-corrected chi connectivity index (χ3v) is 4.18. The first-order valence-corrected chi connectivity index (χ1v) is 7.85. The standard InChI is InChI=1S/C16H21NOS/c1-3-17-16(15-9-5-4-7-13(15)2)12-19-11-14-8-6-10-18-14/h4-10,16-17H,3,11-12H2,1-2H3. The lowest BCUT2D eigenvalue weighted by molar-refractivity contribution is 0.530. The van der Waals surface area contributed by atoms with E-state index < -0.39 is 0 Å². The van der Waals surface area contributed by atoms with Crippen molar-refractivity contribution in [3.05, 3.63) is 59.5 Å². The SMILES string of the molecule is CCNC(CSCc1ccco1)c1ccccc1C. The van der Waals surface area contributed by atoms with Gasteiger partial charge < -0.3 is 9.73 Å².